The van der Waals surface area contributed by atoms with Crippen LogP contribution < -0.4 is 10.6 Å². The molecule has 0 saturated carbocycles. The molecule has 152 valence electrons. The number of rotatable bonds is 4. The maximum absolute atomic E-state index is 12.4. The van der Waals surface area contributed by atoms with Gasteiger partial charge >= 0.3 is 6.03 Å². The third-order valence-electron chi connectivity index (χ3n) is 6.59. The van der Waals surface area contributed by atoms with Gasteiger partial charge in [0.1, 0.15) is 0 Å². The van der Waals surface area contributed by atoms with Crippen molar-refractivity contribution < 1.29 is 4.79 Å². The number of hydrogen-bond donors (Lipinski definition) is 2. The van der Waals surface area contributed by atoms with E-state index in [4.69, 9.17) is 0 Å². The molecule has 0 atom stereocenters. The van der Waals surface area contributed by atoms with E-state index in [1.54, 1.807) is 5.57 Å². The molecule has 3 aliphatic rings. The number of carbonyl (C=O) groups excluding carboxylic acids is 1. The van der Waals surface area contributed by atoms with Gasteiger partial charge in [0.2, 0.25) is 0 Å². The number of fused-ring (bicyclic) bond motifs is 1. The Bertz CT molecular complexity index is 704. The summed E-state index contributed by atoms with van der Waals surface area (Å²) in [6, 6.07) is 6.58. The predicted octanol–water partition coefficient (Wildman–Crippen LogP) is 5.04. The number of anilines is 1. The van der Waals surface area contributed by atoms with E-state index in [1.807, 2.05) is 6.07 Å². The molecule has 2 aliphatic carbocycles. The average Bonchev–Trinajstić information content (AvgIpc) is 3.13. The zero-order valence-corrected chi connectivity index (χ0v) is 17.1. The molecule has 0 unspecified atom stereocenters. The highest BCUT2D eigenvalue weighted by atomic mass is 16.2. The van der Waals surface area contributed by atoms with Gasteiger partial charge in [-0.15, -0.1) is 0 Å². The molecule has 0 spiro atoms. The average molecular weight is 382 g/mol. The number of aryl methyl sites for hydroxylation is 2. The molecule has 0 radical (unpaired) electrons. The molecule has 4 heteroatoms. The molecule has 2 amide bonds. The van der Waals surface area contributed by atoms with Gasteiger partial charge in [-0.1, -0.05) is 30.6 Å². The molecular formula is C24H35N3O. The third kappa shape index (κ3) is 5.38. The standard InChI is InChI=1S/C24H35N3O/c28-24(26-23-12-11-20-9-6-10-21(20)17-23)25-22-13-15-27(16-14-22)18-19-7-4-2-1-3-5-8-19/h7,11-12,17,22H,1-6,8-10,13-16,18H2,(H2,25,26,28)/b19-7-. The first-order valence-corrected chi connectivity index (χ1v) is 11.4. The van der Waals surface area contributed by atoms with Crippen molar-refractivity contribution in [2.75, 3.05) is 25.0 Å². The fourth-order valence-corrected chi connectivity index (χ4v) is 4.93. The van der Waals surface area contributed by atoms with E-state index in [0.29, 0.717) is 0 Å². The van der Waals surface area contributed by atoms with E-state index in [0.717, 1.165) is 44.6 Å². The number of hydrogen-bond acceptors (Lipinski definition) is 2. The van der Waals surface area contributed by atoms with Crippen molar-refractivity contribution in [3.63, 3.8) is 0 Å². The van der Waals surface area contributed by atoms with E-state index in [2.05, 4.69) is 33.7 Å². The van der Waals surface area contributed by atoms with Crippen molar-refractivity contribution in [3.05, 3.63) is 41.0 Å². The third-order valence-corrected chi connectivity index (χ3v) is 6.59. The molecule has 0 aromatic heterocycles. The summed E-state index contributed by atoms with van der Waals surface area (Å²) in [7, 11) is 0. The smallest absolute Gasteiger partial charge is 0.319 e. The highest BCUT2D eigenvalue weighted by molar-refractivity contribution is 5.89. The minimum atomic E-state index is -0.0564. The molecule has 1 aliphatic heterocycles. The molecule has 1 fully saturated rings. The molecule has 4 nitrogen and oxygen atoms in total. The molecular weight excluding hydrogens is 346 g/mol. The van der Waals surface area contributed by atoms with Gasteiger partial charge in [0.05, 0.1) is 0 Å². The molecule has 1 saturated heterocycles. The number of amides is 2. The van der Waals surface area contributed by atoms with Gasteiger partial charge in [-0.2, -0.15) is 0 Å². The van der Waals surface area contributed by atoms with E-state index >= 15 is 0 Å². The van der Waals surface area contributed by atoms with Gasteiger partial charge < -0.3 is 10.6 Å². The van der Waals surface area contributed by atoms with Crippen molar-refractivity contribution >= 4 is 11.7 Å². The number of nitrogens with one attached hydrogen (secondary N) is 2. The Hall–Kier alpha value is -1.81. The fourth-order valence-electron chi connectivity index (χ4n) is 4.93. The van der Waals surface area contributed by atoms with Gasteiger partial charge in [-0.3, -0.25) is 4.90 Å². The van der Waals surface area contributed by atoms with E-state index in [9.17, 15) is 4.79 Å². The highest BCUT2D eigenvalue weighted by Crippen LogP contribution is 2.25. The van der Waals surface area contributed by atoms with Crippen LogP contribution >= 0.6 is 0 Å². The summed E-state index contributed by atoms with van der Waals surface area (Å²) < 4.78 is 0. The second kappa shape index (κ2) is 9.60. The Morgan fingerprint density at radius 2 is 1.79 bits per heavy atom. The van der Waals surface area contributed by atoms with E-state index in [1.165, 1.54) is 62.5 Å². The fraction of sp³-hybridized carbons (Fsp3) is 0.625. The SMILES string of the molecule is O=C(Nc1ccc2c(c1)CCC2)NC1CCN(C/C2=C\CCCCCC2)CC1. The molecule has 1 aromatic rings. The van der Waals surface area contributed by atoms with Crippen molar-refractivity contribution in [2.45, 2.75) is 76.7 Å². The number of urea groups is 1. The Kier molecular flexibility index (Phi) is 6.69. The Balaban J connectivity index is 1.20. The number of benzene rings is 1. The number of allylic oxidation sites excluding steroid dienone is 1. The van der Waals surface area contributed by atoms with Crippen LogP contribution in [-0.4, -0.2) is 36.6 Å². The lowest BCUT2D eigenvalue weighted by Crippen LogP contribution is -2.46. The van der Waals surface area contributed by atoms with Crippen LogP contribution in [0.5, 0.6) is 0 Å². The zero-order valence-electron chi connectivity index (χ0n) is 17.1. The minimum Gasteiger partial charge on any atom is -0.335 e. The summed E-state index contributed by atoms with van der Waals surface area (Å²) in [6.07, 6.45) is 16.2. The summed E-state index contributed by atoms with van der Waals surface area (Å²) in [4.78, 5) is 15.0. The quantitative estimate of drug-likeness (QED) is 0.718. The lowest BCUT2D eigenvalue weighted by molar-refractivity contribution is 0.205. The second-order valence-electron chi connectivity index (χ2n) is 8.80. The number of nitrogens with zero attached hydrogens (tertiary/aromatic N) is 1. The van der Waals surface area contributed by atoms with Crippen LogP contribution in [0.15, 0.2) is 29.8 Å². The topological polar surface area (TPSA) is 44.4 Å². The first-order valence-electron chi connectivity index (χ1n) is 11.4. The summed E-state index contributed by atoms with van der Waals surface area (Å²) in [5, 5.41) is 6.22. The van der Waals surface area contributed by atoms with E-state index < -0.39 is 0 Å². The molecule has 1 heterocycles. The van der Waals surface area contributed by atoms with Crippen molar-refractivity contribution in [3.8, 4) is 0 Å². The summed E-state index contributed by atoms with van der Waals surface area (Å²) >= 11 is 0. The normalized spacial score (nSPS) is 23.2. The zero-order chi connectivity index (χ0) is 19.2. The molecule has 1 aromatic carbocycles. The highest BCUT2D eigenvalue weighted by Gasteiger charge is 2.21. The van der Waals surface area contributed by atoms with Crippen LogP contribution in [0.1, 0.15) is 68.9 Å². The first-order chi connectivity index (χ1) is 13.8. The number of carbonyl (C=O) groups is 1. The molecule has 28 heavy (non-hydrogen) atoms. The van der Waals surface area contributed by atoms with Crippen LogP contribution in [0.3, 0.4) is 0 Å². The number of likely N-dealkylation sites (tertiary alicyclic amines) is 1. The van der Waals surface area contributed by atoms with Crippen LogP contribution in [-0.2, 0) is 12.8 Å². The van der Waals surface area contributed by atoms with Gasteiger partial charge in [-0.25, -0.2) is 4.79 Å². The van der Waals surface area contributed by atoms with Crippen LogP contribution in [0, 0.1) is 0 Å². The molecule has 4 rings (SSSR count). The Labute approximate surface area is 169 Å². The maximum Gasteiger partial charge on any atom is 0.319 e. The molecule has 0 bridgehead atoms. The minimum absolute atomic E-state index is 0.0564. The summed E-state index contributed by atoms with van der Waals surface area (Å²) in [5.74, 6) is 0. The van der Waals surface area contributed by atoms with Crippen molar-refractivity contribution in [1.82, 2.24) is 10.2 Å². The largest absolute Gasteiger partial charge is 0.335 e. The lowest BCUT2D eigenvalue weighted by atomic mass is 9.98. The van der Waals surface area contributed by atoms with Gasteiger partial charge in [-0.05, 0) is 81.0 Å². The Morgan fingerprint density at radius 1 is 0.964 bits per heavy atom. The Morgan fingerprint density at radius 3 is 2.68 bits per heavy atom. The monoisotopic (exact) mass is 381 g/mol. The van der Waals surface area contributed by atoms with Crippen LogP contribution in [0.2, 0.25) is 0 Å². The van der Waals surface area contributed by atoms with Crippen molar-refractivity contribution in [2.24, 2.45) is 0 Å². The predicted molar refractivity (Wildman–Crippen MR) is 116 cm³/mol. The lowest BCUT2D eigenvalue weighted by Gasteiger charge is -2.33. The second-order valence-corrected chi connectivity index (χ2v) is 8.80. The van der Waals surface area contributed by atoms with Gasteiger partial charge in [0.15, 0.2) is 0 Å². The van der Waals surface area contributed by atoms with Crippen molar-refractivity contribution in [1.29, 1.82) is 0 Å². The summed E-state index contributed by atoms with van der Waals surface area (Å²) in [5.41, 5.74) is 5.40. The summed E-state index contributed by atoms with van der Waals surface area (Å²) in [6.45, 7) is 3.30. The van der Waals surface area contributed by atoms with Crippen LogP contribution in [0.4, 0.5) is 10.5 Å². The van der Waals surface area contributed by atoms with Gasteiger partial charge in [0, 0.05) is 31.4 Å². The first kappa shape index (κ1) is 19.5. The maximum atomic E-state index is 12.4. The molecule has 2 N–H and O–H groups in total. The van der Waals surface area contributed by atoms with Gasteiger partial charge in [0.25, 0.3) is 0 Å². The van der Waals surface area contributed by atoms with E-state index in [-0.39, 0.29) is 12.1 Å². The van der Waals surface area contributed by atoms with Crippen LogP contribution in [0.25, 0.3) is 0 Å². The number of piperidine rings is 1.